The normalized spacial score (nSPS) is 11.7. The van der Waals surface area contributed by atoms with E-state index in [2.05, 4.69) is 5.32 Å². The number of carbonyl (C=O) groups is 3. The van der Waals surface area contributed by atoms with Gasteiger partial charge in [-0.25, -0.2) is 4.79 Å². The van der Waals surface area contributed by atoms with Crippen LogP contribution in [-0.2, 0) is 9.59 Å². The van der Waals surface area contributed by atoms with Crippen LogP contribution in [0.1, 0.15) is 29.4 Å². The van der Waals surface area contributed by atoms with E-state index in [0.29, 0.717) is 11.3 Å². The third kappa shape index (κ3) is 4.34. The number of carboxylic acids is 1. The van der Waals surface area contributed by atoms with Crippen molar-refractivity contribution in [1.29, 1.82) is 0 Å². The summed E-state index contributed by atoms with van der Waals surface area (Å²) in [5.74, 6) is -1.54. The highest BCUT2D eigenvalue weighted by atomic mass is 32.1. The molecule has 20 heavy (non-hydrogen) atoms. The summed E-state index contributed by atoms with van der Waals surface area (Å²) in [5.41, 5.74) is 0. The van der Waals surface area contributed by atoms with Gasteiger partial charge in [0.2, 0.25) is 5.91 Å². The van der Waals surface area contributed by atoms with Crippen LogP contribution in [0.15, 0.2) is 17.5 Å². The number of likely N-dealkylation sites (N-methyl/N-ethyl adjacent to an activating group) is 1. The van der Waals surface area contributed by atoms with Crippen LogP contribution in [0.5, 0.6) is 0 Å². The SMILES string of the molecule is CCC(C(=O)O)N(C)C(=O)CCNC(=O)c1cccs1. The Kier molecular flexibility index (Phi) is 6.17. The number of aliphatic carboxylic acids is 1. The first-order valence-corrected chi connectivity index (χ1v) is 7.15. The smallest absolute Gasteiger partial charge is 0.326 e. The molecule has 1 aromatic rings. The van der Waals surface area contributed by atoms with Gasteiger partial charge >= 0.3 is 5.97 Å². The van der Waals surface area contributed by atoms with Crippen LogP contribution in [0, 0.1) is 0 Å². The van der Waals surface area contributed by atoms with E-state index in [-0.39, 0.29) is 24.8 Å². The maximum absolute atomic E-state index is 11.8. The molecular formula is C13H18N2O4S. The van der Waals surface area contributed by atoms with Gasteiger partial charge in [0.25, 0.3) is 5.91 Å². The predicted molar refractivity (Wildman–Crippen MR) is 75.8 cm³/mol. The molecule has 7 heteroatoms. The van der Waals surface area contributed by atoms with Crippen LogP contribution in [0.2, 0.25) is 0 Å². The summed E-state index contributed by atoms with van der Waals surface area (Å²) in [7, 11) is 1.46. The number of carboxylic acid groups (broad SMARTS) is 1. The minimum atomic E-state index is -1.02. The summed E-state index contributed by atoms with van der Waals surface area (Å²) in [6, 6.07) is 2.65. The second-order valence-electron chi connectivity index (χ2n) is 4.25. The molecule has 1 atom stereocenters. The van der Waals surface area contributed by atoms with Crippen molar-refractivity contribution in [2.45, 2.75) is 25.8 Å². The molecule has 0 spiro atoms. The summed E-state index contributed by atoms with van der Waals surface area (Å²) in [6.07, 6.45) is 0.427. The fraction of sp³-hybridized carbons (Fsp3) is 0.462. The summed E-state index contributed by atoms with van der Waals surface area (Å²) in [4.78, 5) is 36.2. The topological polar surface area (TPSA) is 86.7 Å². The van der Waals surface area contributed by atoms with Crippen molar-refractivity contribution in [3.05, 3.63) is 22.4 Å². The lowest BCUT2D eigenvalue weighted by molar-refractivity contribution is -0.149. The monoisotopic (exact) mass is 298 g/mol. The van der Waals surface area contributed by atoms with E-state index in [1.165, 1.54) is 23.3 Å². The zero-order valence-electron chi connectivity index (χ0n) is 11.5. The lowest BCUT2D eigenvalue weighted by Crippen LogP contribution is -2.43. The molecule has 0 aliphatic heterocycles. The van der Waals surface area contributed by atoms with Crippen molar-refractivity contribution in [2.75, 3.05) is 13.6 Å². The quantitative estimate of drug-likeness (QED) is 0.791. The summed E-state index contributed by atoms with van der Waals surface area (Å²) < 4.78 is 0. The van der Waals surface area contributed by atoms with Gasteiger partial charge in [0.15, 0.2) is 0 Å². The molecule has 110 valence electrons. The van der Waals surface area contributed by atoms with Gasteiger partial charge < -0.3 is 15.3 Å². The summed E-state index contributed by atoms with van der Waals surface area (Å²) in [6.45, 7) is 1.90. The molecule has 2 amide bonds. The predicted octanol–water partition coefficient (Wildman–Crippen LogP) is 1.19. The van der Waals surface area contributed by atoms with E-state index in [1.54, 1.807) is 24.4 Å². The Morgan fingerprint density at radius 3 is 2.65 bits per heavy atom. The highest BCUT2D eigenvalue weighted by Gasteiger charge is 2.24. The summed E-state index contributed by atoms with van der Waals surface area (Å²) in [5, 5.41) is 13.4. The number of nitrogens with zero attached hydrogens (tertiary/aromatic N) is 1. The van der Waals surface area contributed by atoms with Gasteiger partial charge in [0.05, 0.1) is 4.88 Å². The second kappa shape index (κ2) is 7.64. The van der Waals surface area contributed by atoms with Crippen molar-refractivity contribution in [2.24, 2.45) is 0 Å². The van der Waals surface area contributed by atoms with E-state index in [9.17, 15) is 14.4 Å². The molecule has 0 fully saturated rings. The number of hydrogen-bond acceptors (Lipinski definition) is 4. The molecule has 1 unspecified atom stereocenters. The number of thiophene rings is 1. The lowest BCUT2D eigenvalue weighted by Gasteiger charge is -2.23. The molecule has 0 aliphatic rings. The van der Waals surface area contributed by atoms with Gasteiger partial charge in [-0.2, -0.15) is 0 Å². The second-order valence-corrected chi connectivity index (χ2v) is 5.20. The van der Waals surface area contributed by atoms with Crippen molar-refractivity contribution in [1.82, 2.24) is 10.2 Å². The highest BCUT2D eigenvalue weighted by Crippen LogP contribution is 2.08. The first kappa shape index (κ1) is 16.2. The fourth-order valence-electron chi connectivity index (χ4n) is 1.74. The Balaban J connectivity index is 2.39. The molecular weight excluding hydrogens is 280 g/mol. The number of hydrogen-bond donors (Lipinski definition) is 2. The van der Waals surface area contributed by atoms with E-state index >= 15 is 0 Å². The summed E-state index contributed by atoms with van der Waals surface area (Å²) >= 11 is 1.32. The van der Waals surface area contributed by atoms with Gasteiger partial charge in [-0.05, 0) is 17.9 Å². The Bertz CT molecular complexity index is 473. The molecule has 0 radical (unpaired) electrons. The highest BCUT2D eigenvalue weighted by molar-refractivity contribution is 7.12. The number of carbonyl (C=O) groups excluding carboxylic acids is 2. The van der Waals surface area contributed by atoms with Crippen LogP contribution in [0.25, 0.3) is 0 Å². The average Bonchev–Trinajstić information content (AvgIpc) is 2.92. The molecule has 1 aromatic heterocycles. The Morgan fingerprint density at radius 2 is 2.15 bits per heavy atom. The van der Waals surface area contributed by atoms with Gasteiger partial charge in [0.1, 0.15) is 6.04 Å². The van der Waals surface area contributed by atoms with Crippen LogP contribution in [0.3, 0.4) is 0 Å². The first-order valence-electron chi connectivity index (χ1n) is 6.27. The van der Waals surface area contributed by atoms with Crippen LogP contribution in [-0.4, -0.2) is 47.4 Å². The van der Waals surface area contributed by atoms with Crippen LogP contribution >= 0.6 is 11.3 Å². The third-order valence-electron chi connectivity index (χ3n) is 2.90. The molecule has 0 aliphatic carbocycles. The Morgan fingerprint density at radius 1 is 1.45 bits per heavy atom. The molecule has 6 nitrogen and oxygen atoms in total. The van der Waals surface area contributed by atoms with Crippen LogP contribution in [0.4, 0.5) is 0 Å². The van der Waals surface area contributed by atoms with E-state index in [4.69, 9.17) is 5.11 Å². The molecule has 2 N–H and O–H groups in total. The Hall–Kier alpha value is -1.89. The molecule has 0 bridgehead atoms. The third-order valence-corrected chi connectivity index (χ3v) is 3.77. The molecule has 0 saturated heterocycles. The van der Waals surface area contributed by atoms with E-state index in [1.807, 2.05) is 0 Å². The maximum atomic E-state index is 11.8. The van der Waals surface area contributed by atoms with Gasteiger partial charge in [-0.3, -0.25) is 9.59 Å². The van der Waals surface area contributed by atoms with E-state index < -0.39 is 12.0 Å². The maximum Gasteiger partial charge on any atom is 0.326 e. The molecule has 1 rings (SSSR count). The van der Waals surface area contributed by atoms with Crippen molar-refractivity contribution in [3.63, 3.8) is 0 Å². The standard InChI is InChI=1S/C13H18N2O4S/c1-3-9(13(18)19)15(2)11(16)6-7-14-12(17)10-5-4-8-20-10/h4-5,8-9H,3,6-7H2,1-2H3,(H,14,17)(H,18,19). The first-order chi connectivity index (χ1) is 9.47. The zero-order chi connectivity index (χ0) is 15.1. The largest absolute Gasteiger partial charge is 0.480 e. The molecule has 0 saturated carbocycles. The zero-order valence-corrected chi connectivity index (χ0v) is 12.3. The lowest BCUT2D eigenvalue weighted by atomic mass is 10.2. The van der Waals surface area contributed by atoms with Crippen LogP contribution < -0.4 is 5.32 Å². The van der Waals surface area contributed by atoms with Gasteiger partial charge in [-0.15, -0.1) is 11.3 Å². The van der Waals surface area contributed by atoms with Gasteiger partial charge in [-0.1, -0.05) is 13.0 Å². The molecule has 1 heterocycles. The minimum absolute atomic E-state index is 0.0807. The van der Waals surface area contributed by atoms with Gasteiger partial charge in [0, 0.05) is 20.0 Å². The molecule has 0 aromatic carbocycles. The van der Waals surface area contributed by atoms with Crippen molar-refractivity contribution >= 4 is 29.1 Å². The van der Waals surface area contributed by atoms with Crippen molar-refractivity contribution in [3.8, 4) is 0 Å². The minimum Gasteiger partial charge on any atom is -0.480 e. The average molecular weight is 298 g/mol. The number of rotatable bonds is 7. The van der Waals surface area contributed by atoms with E-state index in [0.717, 1.165) is 0 Å². The fourth-order valence-corrected chi connectivity index (χ4v) is 2.38. The van der Waals surface area contributed by atoms with Crippen molar-refractivity contribution < 1.29 is 19.5 Å². The number of amides is 2. The Labute approximate surface area is 121 Å². The number of nitrogens with one attached hydrogen (secondary N) is 1.